The van der Waals surface area contributed by atoms with Crippen LogP contribution in [0.4, 0.5) is 0 Å². The molecule has 2 heterocycles. The molecular weight excluding hydrogens is 276 g/mol. The third-order valence-corrected chi connectivity index (χ3v) is 5.96. The van der Waals surface area contributed by atoms with Gasteiger partial charge in [0.05, 0.1) is 0 Å². The molecule has 2 aliphatic rings. The molecule has 3 heteroatoms. The molecule has 116 valence electrons. The van der Waals surface area contributed by atoms with Crippen molar-refractivity contribution in [2.75, 3.05) is 18.8 Å². The van der Waals surface area contributed by atoms with Crippen LogP contribution in [-0.2, 0) is 0 Å². The molecule has 0 aliphatic carbocycles. The monoisotopic (exact) mass is 304 g/mol. The molecule has 1 fully saturated rings. The van der Waals surface area contributed by atoms with E-state index < -0.39 is 0 Å². The van der Waals surface area contributed by atoms with Gasteiger partial charge in [-0.2, -0.15) is 0 Å². The quantitative estimate of drug-likeness (QED) is 0.886. The van der Waals surface area contributed by atoms with Crippen molar-refractivity contribution in [3.63, 3.8) is 0 Å². The second-order valence-electron chi connectivity index (χ2n) is 7.33. The molecule has 0 saturated carbocycles. The Kier molecular flexibility index (Phi) is 4.63. The summed E-state index contributed by atoms with van der Waals surface area (Å²) in [5.74, 6) is 1.25. The first-order valence-electron chi connectivity index (χ1n) is 8.27. The van der Waals surface area contributed by atoms with Crippen LogP contribution in [0.15, 0.2) is 29.2 Å². The molecular formula is C18H28N2S. The van der Waals surface area contributed by atoms with Gasteiger partial charge < -0.3 is 5.32 Å². The van der Waals surface area contributed by atoms with Crippen molar-refractivity contribution in [3.8, 4) is 0 Å². The van der Waals surface area contributed by atoms with Crippen LogP contribution in [0.3, 0.4) is 0 Å². The third-order valence-electron chi connectivity index (χ3n) is 4.84. The molecule has 21 heavy (non-hydrogen) atoms. The van der Waals surface area contributed by atoms with Crippen LogP contribution in [0.25, 0.3) is 0 Å². The lowest BCUT2D eigenvalue weighted by Crippen LogP contribution is -2.50. The molecule has 3 rings (SSSR count). The predicted molar refractivity (Wildman–Crippen MR) is 92.0 cm³/mol. The molecule has 0 amide bonds. The zero-order chi connectivity index (χ0) is 14.9. The standard InChI is InChI=1S/C18H28N2S/c1-18(2,3)20-11-8-14(9-12-20)19-16-10-13-21-17-7-5-4-6-15(16)17/h4-7,14,16,19H,8-13H2,1-3H3. The minimum absolute atomic E-state index is 0.319. The second kappa shape index (κ2) is 6.31. The molecule has 0 radical (unpaired) electrons. The smallest absolute Gasteiger partial charge is 0.0341 e. The minimum atomic E-state index is 0.319. The van der Waals surface area contributed by atoms with Crippen molar-refractivity contribution < 1.29 is 0 Å². The number of piperidine rings is 1. The molecule has 1 atom stereocenters. The van der Waals surface area contributed by atoms with Gasteiger partial charge in [0.15, 0.2) is 0 Å². The largest absolute Gasteiger partial charge is 0.307 e. The van der Waals surface area contributed by atoms with Gasteiger partial charge in [0.1, 0.15) is 0 Å². The van der Waals surface area contributed by atoms with Gasteiger partial charge >= 0.3 is 0 Å². The summed E-state index contributed by atoms with van der Waals surface area (Å²) in [6, 6.07) is 10.2. The highest BCUT2D eigenvalue weighted by atomic mass is 32.2. The van der Waals surface area contributed by atoms with Crippen molar-refractivity contribution in [3.05, 3.63) is 29.8 Å². The van der Waals surface area contributed by atoms with E-state index in [9.17, 15) is 0 Å². The van der Waals surface area contributed by atoms with Crippen molar-refractivity contribution in [2.45, 2.75) is 62.6 Å². The zero-order valence-electron chi connectivity index (χ0n) is 13.6. The maximum Gasteiger partial charge on any atom is 0.0341 e. The number of rotatable bonds is 2. The SMILES string of the molecule is CC(C)(C)N1CCC(NC2CCSc3ccccc32)CC1. The summed E-state index contributed by atoms with van der Waals surface area (Å²) in [5, 5.41) is 3.95. The fraction of sp³-hybridized carbons (Fsp3) is 0.667. The van der Waals surface area contributed by atoms with Gasteiger partial charge in [-0.05, 0) is 57.4 Å². The van der Waals surface area contributed by atoms with E-state index >= 15 is 0 Å². The van der Waals surface area contributed by atoms with E-state index in [1.807, 2.05) is 11.8 Å². The Morgan fingerprint density at radius 1 is 1.10 bits per heavy atom. The average molecular weight is 305 g/mol. The summed E-state index contributed by atoms with van der Waals surface area (Å²) >= 11 is 2.01. The van der Waals surface area contributed by atoms with E-state index in [0.717, 1.165) is 0 Å². The van der Waals surface area contributed by atoms with E-state index in [2.05, 4.69) is 55.3 Å². The summed E-state index contributed by atoms with van der Waals surface area (Å²) < 4.78 is 0. The van der Waals surface area contributed by atoms with Crippen LogP contribution in [-0.4, -0.2) is 35.3 Å². The predicted octanol–water partition coefficient (Wildman–Crippen LogP) is 4.08. The van der Waals surface area contributed by atoms with Crippen molar-refractivity contribution in [1.82, 2.24) is 10.2 Å². The topological polar surface area (TPSA) is 15.3 Å². The van der Waals surface area contributed by atoms with Gasteiger partial charge in [-0.15, -0.1) is 11.8 Å². The number of benzene rings is 1. The maximum atomic E-state index is 3.95. The Balaban J connectivity index is 1.59. The Hall–Kier alpha value is -0.510. The number of thioether (sulfide) groups is 1. The molecule has 1 aromatic rings. The zero-order valence-corrected chi connectivity index (χ0v) is 14.4. The average Bonchev–Trinajstić information content (AvgIpc) is 2.47. The highest BCUT2D eigenvalue weighted by Gasteiger charge is 2.29. The van der Waals surface area contributed by atoms with E-state index in [0.29, 0.717) is 17.6 Å². The normalized spacial score (nSPS) is 24.8. The van der Waals surface area contributed by atoms with Crippen LogP contribution >= 0.6 is 11.8 Å². The molecule has 0 aromatic heterocycles. The summed E-state index contributed by atoms with van der Waals surface area (Å²) in [6.45, 7) is 9.44. The summed E-state index contributed by atoms with van der Waals surface area (Å²) in [7, 11) is 0. The van der Waals surface area contributed by atoms with Gasteiger partial charge in [0.25, 0.3) is 0 Å². The number of hydrogen-bond acceptors (Lipinski definition) is 3. The number of nitrogens with zero attached hydrogens (tertiary/aromatic N) is 1. The van der Waals surface area contributed by atoms with Crippen molar-refractivity contribution in [1.29, 1.82) is 0 Å². The lowest BCUT2D eigenvalue weighted by molar-refractivity contribution is 0.0934. The van der Waals surface area contributed by atoms with Gasteiger partial charge in [0.2, 0.25) is 0 Å². The molecule has 0 bridgehead atoms. The molecule has 0 spiro atoms. The van der Waals surface area contributed by atoms with E-state index in [-0.39, 0.29) is 0 Å². The van der Waals surface area contributed by atoms with E-state index in [1.165, 1.54) is 48.6 Å². The van der Waals surface area contributed by atoms with Crippen molar-refractivity contribution in [2.24, 2.45) is 0 Å². The van der Waals surface area contributed by atoms with Gasteiger partial charge in [-0.25, -0.2) is 0 Å². The van der Waals surface area contributed by atoms with E-state index in [4.69, 9.17) is 0 Å². The molecule has 1 unspecified atom stereocenters. The number of hydrogen-bond donors (Lipinski definition) is 1. The number of likely N-dealkylation sites (tertiary alicyclic amines) is 1. The second-order valence-corrected chi connectivity index (χ2v) is 8.46. The molecule has 1 saturated heterocycles. The summed E-state index contributed by atoms with van der Waals surface area (Å²) in [5.41, 5.74) is 1.84. The lowest BCUT2D eigenvalue weighted by atomic mass is 9.96. The molecule has 1 aromatic carbocycles. The van der Waals surface area contributed by atoms with Crippen LogP contribution in [0, 0.1) is 0 Å². The van der Waals surface area contributed by atoms with Gasteiger partial charge in [-0.3, -0.25) is 4.90 Å². The first kappa shape index (κ1) is 15.4. The Morgan fingerprint density at radius 2 is 1.81 bits per heavy atom. The Bertz CT molecular complexity index is 472. The highest BCUT2D eigenvalue weighted by molar-refractivity contribution is 7.99. The Morgan fingerprint density at radius 3 is 2.52 bits per heavy atom. The molecule has 2 nitrogen and oxygen atoms in total. The Labute approximate surface area is 133 Å². The maximum absolute atomic E-state index is 3.95. The first-order chi connectivity index (χ1) is 10.0. The van der Waals surface area contributed by atoms with Crippen LogP contribution in [0.2, 0.25) is 0 Å². The van der Waals surface area contributed by atoms with Crippen LogP contribution in [0.1, 0.15) is 51.6 Å². The van der Waals surface area contributed by atoms with Gasteiger partial charge in [0, 0.05) is 35.6 Å². The van der Waals surface area contributed by atoms with Gasteiger partial charge in [-0.1, -0.05) is 18.2 Å². The van der Waals surface area contributed by atoms with Crippen LogP contribution in [0.5, 0.6) is 0 Å². The van der Waals surface area contributed by atoms with Crippen LogP contribution < -0.4 is 5.32 Å². The minimum Gasteiger partial charge on any atom is -0.307 e. The summed E-state index contributed by atoms with van der Waals surface area (Å²) in [6.07, 6.45) is 3.83. The fourth-order valence-corrected chi connectivity index (χ4v) is 4.64. The van der Waals surface area contributed by atoms with E-state index in [1.54, 1.807) is 0 Å². The first-order valence-corrected chi connectivity index (χ1v) is 9.25. The lowest BCUT2D eigenvalue weighted by Gasteiger charge is -2.42. The number of fused-ring (bicyclic) bond motifs is 1. The highest BCUT2D eigenvalue weighted by Crippen LogP contribution is 2.36. The summed E-state index contributed by atoms with van der Waals surface area (Å²) in [4.78, 5) is 4.10. The number of nitrogens with one attached hydrogen (secondary N) is 1. The molecule has 2 aliphatic heterocycles. The fourth-order valence-electron chi connectivity index (χ4n) is 3.52. The third kappa shape index (κ3) is 3.64. The van der Waals surface area contributed by atoms with Crippen molar-refractivity contribution >= 4 is 11.8 Å². The molecule has 1 N–H and O–H groups in total.